The van der Waals surface area contributed by atoms with Gasteiger partial charge in [-0.2, -0.15) is 5.26 Å². The number of nitrogens with one attached hydrogen (secondary N) is 2. The maximum absolute atomic E-state index is 13.3. The summed E-state index contributed by atoms with van der Waals surface area (Å²) < 4.78 is 14.9. The summed E-state index contributed by atoms with van der Waals surface area (Å²) in [7, 11) is 0. The highest BCUT2D eigenvalue weighted by Gasteiger charge is 2.13. The minimum atomic E-state index is -0.420. The van der Waals surface area contributed by atoms with E-state index in [9.17, 15) is 9.18 Å². The molecule has 1 heterocycles. The molecule has 1 atom stereocenters. The zero-order valence-corrected chi connectivity index (χ0v) is 13.0. The Labute approximate surface area is 133 Å². The minimum absolute atomic E-state index is 0.202. The molecule has 0 fully saturated rings. The summed E-state index contributed by atoms with van der Waals surface area (Å²) in [5.41, 5.74) is 1.34. The number of carbonyl (C=O) groups excluding carboxylic acids is 1. The van der Waals surface area contributed by atoms with Gasteiger partial charge in [-0.15, -0.1) is 5.10 Å². The fraction of sp³-hybridized carbons (Fsp3) is 0.312. The van der Waals surface area contributed by atoms with Crippen molar-refractivity contribution < 1.29 is 9.18 Å². The van der Waals surface area contributed by atoms with Gasteiger partial charge in [0.15, 0.2) is 5.82 Å². The Morgan fingerprint density at radius 3 is 2.91 bits per heavy atom. The zero-order valence-electron chi connectivity index (χ0n) is 13.0. The molecule has 120 valence electrons. The first kappa shape index (κ1) is 16.5. The van der Waals surface area contributed by atoms with E-state index in [1.807, 2.05) is 19.9 Å². The van der Waals surface area contributed by atoms with Crippen LogP contribution in [0.25, 0.3) is 5.69 Å². The number of anilines is 1. The quantitative estimate of drug-likeness (QED) is 0.889. The normalized spacial score (nSPS) is 11.6. The monoisotopic (exact) mass is 315 g/mol. The van der Waals surface area contributed by atoms with Crippen molar-refractivity contribution in [2.45, 2.75) is 32.7 Å². The Bertz CT molecular complexity index is 734. The summed E-state index contributed by atoms with van der Waals surface area (Å²) in [4.78, 5) is 11.9. The fourth-order valence-electron chi connectivity index (χ4n) is 2.15. The van der Waals surface area contributed by atoms with E-state index in [-0.39, 0.29) is 18.3 Å². The number of hydrogen-bond acceptors (Lipinski definition) is 3. The first-order chi connectivity index (χ1) is 11.0. The molecule has 0 saturated carbocycles. The van der Waals surface area contributed by atoms with Crippen LogP contribution >= 0.6 is 0 Å². The van der Waals surface area contributed by atoms with E-state index in [0.717, 1.165) is 5.69 Å². The average Bonchev–Trinajstić information content (AvgIpc) is 2.87. The molecule has 7 heteroatoms. The lowest BCUT2D eigenvalue weighted by molar-refractivity contribution is 0.248. The van der Waals surface area contributed by atoms with Crippen LogP contribution in [0.5, 0.6) is 0 Å². The third-order valence-corrected chi connectivity index (χ3v) is 3.35. The first-order valence-corrected chi connectivity index (χ1v) is 7.30. The van der Waals surface area contributed by atoms with Gasteiger partial charge >= 0.3 is 6.03 Å². The molecule has 2 amide bonds. The molecule has 1 aromatic carbocycles. The number of nitrogens with zero attached hydrogens (tertiary/aromatic N) is 3. The molecule has 1 aromatic heterocycles. The van der Waals surface area contributed by atoms with Crippen molar-refractivity contribution in [3.8, 4) is 11.8 Å². The Kier molecular flexibility index (Phi) is 5.31. The molecule has 6 nitrogen and oxygen atoms in total. The van der Waals surface area contributed by atoms with Crippen molar-refractivity contribution in [2.24, 2.45) is 0 Å². The summed E-state index contributed by atoms with van der Waals surface area (Å²) in [5.74, 6) is 0.00279. The standard InChI is InChI=1S/C16H18FN5O/c1-3-13(7-8-18)19-16(23)20-15-9-11(2)22(21-15)14-6-4-5-12(17)10-14/h4-6,9-10,13H,3,7H2,1-2H3,(H2,19,20,21,23). The molecule has 2 rings (SSSR count). The van der Waals surface area contributed by atoms with Crippen LogP contribution in [0, 0.1) is 24.1 Å². The van der Waals surface area contributed by atoms with E-state index in [1.54, 1.807) is 22.9 Å². The molecule has 0 bridgehead atoms. The molecule has 23 heavy (non-hydrogen) atoms. The Morgan fingerprint density at radius 2 is 2.26 bits per heavy atom. The van der Waals surface area contributed by atoms with Gasteiger partial charge in [0, 0.05) is 17.8 Å². The highest BCUT2D eigenvalue weighted by atomic mass is 19.1. The molecule has 0 aliphatic rings. The highest BCUT2D eigenvalue weighted by Crippen LogP contribution is 2.16. The number of halogens is 1. The van der Waals surface area contributed by atoms with Crippen molar-refractivity contribution in [3.05, 3.63) is 41.8 Å². The second-order valence-corrected chi connectivity index (χ2v) is 5.13. The Hall–Kier alpha value is -2.88. The van der Waals surface area contributed by atoms with Gasteiger partial charge in [-0.1, -0.05) is 13.0 Å². The summed E-state index contributed by atoms with van der Waals surface area (Å²) in [6.45, 7) is 3.70. The van der Waals surface area contributed by atoms with Crippen LogP contribution in [0.2, 0.25) is 0 Å². The maximum atomic E-state index is 13.3. The van der Waals surface area contributed by atoms with Gasteiger partial charge in [0.05, 0.1) is 18.2 Å². The predicted molar refractivity (Wildman–Crippen MR) is 84.7 cm³/mol. The minimum Gasteiger partial charge on any atom is -0.334 e. The van der Waals surface area contributed by atoms with E-state index in [4.69, 9.17) is 5.26 Å². The van der Waals surface area contributed by atoms with E-state index in [0.29, 0.717) is 17.9 Å². The number of aryl methyl sites for hydroxylation is 1. The van der Waals surface area contributed by atoms with Crippen LogP contribution in [0.15, 0.2) is 30.3 Å². The Balaban J connectivity index is 2.09. The number of aromatic nitrogens is 2. The largest absolute Gasteiger partial charge is 0.334 e. The number of benzene rings is 1. The van der Waals surface area contributed by atoms with Gasteiger partial charge in [0.2, 0.25) is 0 Å². The van der Waals surface area contributed by atoms with Crippen LogP contribution in [0.3, 0.4) is 0 Å². The van der Waals surface area contributed by atoms with Gasteiger partial charge in [0.1, 0.15) is 5.82 Å². The second-order valence-electron chi connectivity index (χ2n) is 5.13. The maximum Gasteiger partial charge on any atom is 0.320 e. The molecule has 0 saturated heterocycles. The number of hydrogen-bond donors (Lipinski definition) is 2. The fourth-order valence-corrected chi connectivity index (χ4v) is 2.15. The van der Waals surface area contributed by atoms with Crippen molar-refractivity contribution in [2.75, 3.05) is 5.32 Å². The summed E-state index contributed by atoms with van der Waals surface area (Å²) in [6.07, 6.45) is 0.915. The first-order valence-electron chi connectivity index (χ1n) is 7.30. The molecule has 2 aromatic rings. The van der Waals surface area contributed by atoms with Gasteiger partial charge < -0.3 is 5.32 Å². The number of urea groups is 1. The second kappa shape index (κ2) is 7.40. The van der Waals surface area contributed by atoms with Crippen molar-refractivity contribution in [1.82, 2.24) is 15.1 Å². The van der Waals surface area contributed by atoms with Crippen molar-refractivity contribution in [3.63, 3.8) is 0 Å². The number of amides is 2. The van der Waals surface area contributed by atoms with E-state index in [1.165, 1.54) is 12.1 Å². The number of rotatable bonds is 5. The average molecular weight is 315 g/mol. The molecule has 0 spiro atoms. The summed E-state index contributed by atoms with van der Waals surface area (Å²) in [5, 5.41) is 18.3. The van der Waals surface area contributed by atoms with E-state index in [2.05, 4.69) is 15.7 Å². The van der Waals surface area contributed by atoms with E-state index < -0.39 is 6.03 Å². The highest BCUT2D eigenvalue weighted by molar-refractivity contribution is 5.88. The smallest absolute Gasteiger partial charge is 0.320 e. The molecular formula is C16H18FN5O. The molecule has 0 aliphatic heterocycles. The van der Waals surface area contributed by atoms with Gasteiger partial charge in [-0.05, 0) is 31.5 Å². The summed E-state index contributed by atoms with van der Waals surface area (Å²) in [6, 6.07) is 9.14. The lowest BCUT2D eigenvalue weighted by atomic mass is 10.2. The molecule has 0 aliphatic carbocycles. The van der Waals surface area contributed by atoms with Gasteiger partial charge in [-0.3, -0.25) is 5.32 Å². The third kappa shape index (κ3) is 4.30. The lowest BCUT2D eigenvalue weighted by Crippen LogP contribution is -2.37. The Morgan fingerprint density at radius 1 is 1.48 bits per heavy atom. The van der Waals surface area contributed by atoms with E-state index >= 15 is 0 Å². The van der Waals surface area contributed by atoms with Gasteiger partial charge in [0.25, 0.3) is 0 Å². The topological polar surface area (TPSA) is 82.7 Å². The van der Waals surface area contributed by atoms with Gasteiger partial charge in [-0.25, -0.2) is 13.9 Å². The predicted octanol–water partition coefficient (Wildman–Crippen LogP) is 3.13. The van der Waals surface area contributed by atoms with Crippen molar-refractivity contribution in [1.29, 1.82) is 5.26 Å². The van der Waals surface area contributed by atoms with Crippen LogP contribution < -0.4 is 10.6 Å². The molecular weight excluding hydrogens is 297 g/mol. The van der Waals surface area contributed by atoms with Crippen LogP contribution in [-0.2, 0) is 0 Å². The van der Waals surface area contributed by atoms with Crippen LogP contribution in [0.1, 0.15) is 25.5 Å². The molecule has 2 N–H and O–H groups in total. The zero-order chi connectivity index (χ0) is 16.8. The molecule has 0 radical (unpaired) electrons. The third-order valence-electron chi connectivity index (χ3n) is 3.35. The summed E-state index contributed by atoms with van der Waals surface area (Å²) >= 11 is 0. The van der Waals surface area contributed by atoms with Crippen LogP contribution in [-0.4, -0.2) is 21.9 Å². The van der Waals surface area contributed by atoms with Crippen molar-refractivity contribution >= 4 is 11.8 Å². The number of carbonyl (C=O) groups is 1. The van der Waals surface area contributed by atoms with Crippen LogP contribution in [0.4, 0.5) is 15.0 Å². The number of nitriles is 1. The molecule has 1 unspecified atom stereocenters. The lowest BCUT2D eigenvalue weighted by Gasteiger charge is -2.13. The SMILES string of the molecule is CCC(CC#N)NC(=O)Nc1cc(C)n(-c2cccc(F)c2)n1.